The molecule has 2 rings (SSSR count). The molecule has 0 amide bonds. The fourth-order valence-electron chi connectivity index (χ4n) is 2.60. The van der Waals surface area contributed by atoms with E-state index in [0.717, 1.165) is 51.5 Å². The third kappa shape index (κ3) is 10.3. The average molecular weight is 477 g/mol. The van der Waals surface area contributed by atoms with Crippen molar-refractivity contribution < 1.29 is 14.2 Å². The molecule has 1 aromatic rings. The minimum Gasteiger partial charge on any atom is -0.379 e. The van der Waals surface area contributed by atoms with Crippen molar-refractivity contribution in [3.8, 4) is 0 Å². The summed E-state index contributed by atoms with van der Waals surface area (Å²) in [6, 6.07) is 10.2. The van der Waals surface area contributed by atoms with Crippen LogP contribution in [0, 0.1) is 0 Å². The maximum absolute atomic E-state index is 5.64. The lowest BCUT2D eigenvalue weighted by Crippen LogP contribution is -2.39. The van der Waals surface area contributed by atoms with Gasteiger partial charge in [-0.25, -0.2) is 0 Å². The SMILES string of the molecule is CN=C(NCCCOCC1CCCO1)NCCOCc1ccccc1.I. The van der Waals surface area contributed by atoms with Crippen LogP contribution in [-0.4, -0.2) is 58.6 Å². The van der Waals surface area contributed by atoms with Gasteiger partial charge in [0.15, 0.2) is 5.96 Å². The number of guanidine groups is 1. The molecule has 1 heterocycles. The van der Waals surface area contributed by atoms with Crippen LogP contribution in [0.1, 0.15) is 24.8 Å². The van der Waals surface area contributed by atoms with Gasteiger partial charge in [0, 0.05) is 33.4 Å². The van der Waals surface area contributed by atoms with E-state index < -0.39 is 0 Å². The smallest absolute Gasteiger partial charge is 0.191 e. The summed E-state index contributed by atoms with van der Waals surface area (Å²) >= 11 is 0. The molecule has 6 nitrogen and oxygen atoms in total. The molecule has 1 unspecified atom stereocenters. The fourth-order valence-corrected chi connectivity index (χ4v) is 2.60. The van der Waals surface area contributed by atoms with Gasteiger partial charge in [0.1, 0.15) is 0 Å². The Kier molecular flexibility index (Phi) is 13.5. The van der Waals surface area contributed by atoms with Crippen LogP contribution in [0.3, 0.4) is 0 Å². The zero-order valence-corrected chi connectivity index (χ0v) is 17.9. The zero-order chi connectivity index (χ0) is 17.6. The van der Waals surface area contributed by atoms with E-state index in [1.54, 1.807) is 7.05 Å². The Bertz CT molecular complexity index is 482. The Hall–Kier alpha value is -0.900. The highest BCUT2D eigenvalue weighted by atomic mass is 127. The van der Waals surface area contributed by atoms with Gasteiger partial charge in [-0.2, -0.15) is 0 Å². The van der Waals surface area contributed by atoms with Gasteiger partial charge >= 0.3 is 0 Å². The highest BCUT2D eigenvalue weighted by Gasteiger charge is 2.14. The number of nitrogens with zero attached hydrogens (tertiary/aromatic N) is 1. The molecule has 1 aromatic carbocycles. The standard InChI is InChI=1S/C19H31N3O3.HI/c1-20-19(21-10-6-12-23-16-18-9-5-13-25-18)22-11-14-24-15-17-7-3-2-4-8-17;/h2-4,7-8,18H,5-6,9-16H2,1H3,(H2,20,21,22);1H. The number of aliphatic imine (C=N–C) groups is 1. The molecule has 2 N–H and O–H groups in total. The summed E-state index contributed by atoms with van der Waals surface area (Å²) in [5.41, 5.74) is 1.19. The van der Waals surface area contributed by atoms with E-state index in [0.29, 0.717) is 25.9 Å². The molecular formula is C19H32IN3O3. The van der Waals surface area contributed by atoms with Gasteiger partial charge in [0.05, 0.1) is 25.9 Å². The first kappa shape index (κ1) is 23.1. The normalized spacial score (nSPS) is 17.0. The van der Waals surface area contributed by atoms with E-state index in [9.17, 15) is 0 Å². The lowest BCUT2D eigenvalue weighted by Gasteiger charge is -2.13. The van der Waals surface area contributed by atoms with Crippen molar-refractivity contribution in [3.05, 3.63) is 35.9 Å². The topological polar surface area (TPSA) is 64.1 Å². The maximum atomic E-state index is 5.64. The van der Waals surface area contributed by atoms with Crippen molar-refractivity contribution in [1.82, 2.24) is 10.6 Å². The Morgan fingerprint density at radius 2 is 1.96 bits per heavy atom. The molecular weight excluding hydrogens is 445 g/mol. The first-order valence-electron chi connectivity index (χ1n) is 9.14. The van der Waals surface area contributed by atoms with Crippen molar-refractivity contribution in [3.63, 3.8) is 0 Å². The lowest BCUT2D eigenvalue weighted by molar-refractivity contribution is 0.0168. The minimum atomic E-state index is 0. The number of hydrogen-bond acceptors (Lipinski definition) is 4. The largest absolute Gasteiger partial charge is 0.379 e. The summed E-state index contributed by atoms with van der Waals surface area (Å²) in [5.74, 6) is 0.794. The van der Waals surface area contributed by atoms with Crippen molar-refractivity contribution in [2.24, 2.45) is 4.99 Å². The van der Waals surface area contributed by atoms with Crippen LogP contribution >= 0.6 is 24.0 Å². The Balaban J connectivity index is 0.00000338. The summed E-state index contributed by atoms with van der Waals surface area (Å²) in [4.78, 5) is 4.20. The highest BCUT2D eigenvalue weighted by Crippen LogP contribution is 2.11. The number of nitrogens with one attached hydrogen (secondary N) is 2. The second kappa shape index (κ2) is 15.2. The number of rotatable bonds is 11. The molecule has 1 saturated heterocycles. The number of benzene rings is 1. The molecule has 0 aliphatic carbocycles. The lowest BCUT2D eigenvalue weighted by atomic mass is 10.2. The van der Waals surface area contributed by atoms with Crippen LogP contribution in [0.2, 0.25) is 0 Å². The van der Waals surface area contributed by atoms with E-state index in [2.05, 4.69) is 27.8 Å². The monoisotopic (exact) mass is 477 g/mol. The number of ether oxygens (including phenoxy) is 3. The second-order valence-electron chi connectivity index (χ2n) is 6.03. The summed E-state index contributed by atoms with van der Waals surface area (Å²) in [6.45, 7) is 5.16. The third-order valence-electron chi connectivity index (χ3n) is 3.96. The van der Waals surface area contributed by atoms with Crippen LogP contribution in [0.15, 0.2) is 35.3 Å². The fraction of sp³-hybridized carbons (Fsp3) is 0.632. The molecule has 26 heavy (non-hydrogen) atoms. The van der Waals surface area contributed by atoms with Gasteiger partial charge in [-0.05, 0) is 24.8 Å². The highest BCUT2D eigenvalue weighted by molar-refractivity contribution is 14.0. The Labute approximate surface area is 174 Å². The second-order valence-corrected chi connectivity index (χ2v) is 6.03. The Morgan fingerprint density at radius 3 is 2.69 bits per heavy atom. The quantitative estimate of drug-likeness (QED) is 0.222. The first-order chi connectivity index (χ1) is 12.4. The van der Waals surface area contributed by atoms with Crippen LogP contribution < -0.4 is 10.6 Å². The van der Waals surface area contributed by atoms with E-state index in [-0.39, 0.29) is 24.0 Å². The first-order valence-corrected chi connectivity index (χ1v) is 9.14. The molecule has 1 aliphatic heterocycles. The minimum absolute atomic E-state index is 0. The van der Waals surface area contributed by atoms with Gasteiger partial charge < -0.3 is 24.8 Å². The number of halogens is 1. The van der Waals surface area contributed by atoms with E-state index in [1.165, 1.54) is 5.56 Å². The van der Waals surface area contributed by atoms with Gasteiger partial charge in [-0.15, -0.1) is 24.0 Å². The van der Waals surface area contributed by atoms with E-state index in [4.69, 9.17) is 14.2 Å². The molecule has 0 bridgehead atoms. The molecule has 0 spiro atoms. The maximum Gasteiger partial charge on any atom is 0.191 e. The van der Waals surface area contributed by atoms with Crippen LogP contribution in [0.5, 0.6) is 0 Å². The van der Waals surface area contributed by atoms with Crippen LogP contribution in [-0.2, 0) is 20.8 Å². The third-order valence-corrected chi connectivity index (χ3v) is 3.96. The summed E-state index contributed by atoms with van der Waals surface area (Å²) in [6.07, 6.45) is 3.53. The van der Waals surface area contributed by atoms with Crippen molar-refractivity contribution in [1.29, 1.82) is 0 Å². The van der Waals surface area contributed by atoms with Crippen LogP contribution in [0.25, 0.3) is 0 Å². The molecule has 1 atom stereocenters. The predicted octanol–water partition coefficient (Wildman–Crippen LogP) is 2.57. The molecule has 1 aliphatic rings. The summed E-state index contributed by atoms with van der Waals surface area (Å²) < 4.78 is 16.8. The molecule has 0 radical (unpaired) electrons. The molecule has 0 saturated carbocycles. The zero-order valence-electron chi connectivity index (χ0n) is 15.6. The van der Waals surface area contributed by atoms with Gasteiger partial charge in [0.25, 0.3) is 0 Å². The van der Waals surface area contributed by atoms with Gasteiger partial charge in [-0.3, -0.25) is 4.99 Å². The van der Waals surface area contributed by atoms with E-state index in [1.807, 2.05) is 18.2 Å². The predicted molar refractivity (Wildman–Crippen MR) is 115 cm³/mol. The molecule has 0 aromatic heterocycles. The average Bonchev–Trinajstić information content (AvgIpc) is 3.17. The summed E-state index contributed by atoms with van der Waals surface area (Å²) in [7, 11) is 1.77. The summed E-state index contributed by atoms with van der Waals surface area (Å²) in [5, 5.41) is 6.52. The van der Waals surface area contributed by atoms with Crippen molar-refractivity contribution in [2.75, 3.05) is 46.6 Å². The Morgan fingerprint density at radius 1 is 1.15 bits per heavy atom. The molecule has 7 heteroatoms. The molecule has 1 fully saturated rings. The van der Waals surface area contributed by atoms with Gasteiger partial charge in [-0.1, -0.05) is 30.3 Å². The molecule has 148 valence electrons. The van der Waals surface area contributed by atoms with Gasteiger partial charge in [0.2, 0.25) is 0 Å². The number of hydrogen-bond donors (Lipinski definition) is 2. The van der Waals surface area contributed by atoms with Crippen molar-refractivity contribution >= 4 is 29.9 Å². The van der Waals surface area contributed by atoms with Crippen LogP contribution in [0.4, 0.5) is 0 Å². The van der Waals surface area contributed by atoms with Crippen molar-refractivity contribution in [2.45, 2.75) is 32.0 Å². The van der Waals surface area contributed by atoms with E-state index >= 15 is 0 Å².